The third-order valence-electron chi connectivity index (χ3n) is 7.85. The average molecular weight is 570 g/mol. The maximum atomic E-state index is 13.6. The van der Waals surface area contributed by atoms with Gasteiger partial charge in [-0.15, -0.1) is 0 Å². The maximum Gasteiger partial charge on any atom is 0.261 e. The van der Waals surface area contributed by atoms with E-state index in [1.807, 2.05) is 44.2 Å². The number of benzene rings is 1. The molecule has 2 amide bonds. The van der Waals surface area contributed by atoms with Crippen LogP contribution in [0.25, 0.3) is 11.0 Å². The van der Waals surface area contributed by atoms with Crippen molar-refractivity contribution >= 4 is 34.2 Å². The Kier molecular flexibility index (Phi) is 8.06. The first-order valence-electron chi connectivity index (χ1n) is 14.4. The molecule has 0 aliphatic carbocycles. The number of aryl methyl sites for hydroxylation is 2. The van der Waals surface area contributed by atoms with Crippen LogP contribution in [0.1, 0.15) is 50.3 Å². The van der Waals surface area contributed by atoms with Crippen LogP contribution < -0.4 is 15.8 Å². The van der Waals surface area contributed by atoms with Crippen molar-refractivity contribution in [3.63, 3.8) is 0 Å². The second-order valence-electron chi connectivity index (χ2n) is 12.1. The predicted molar refractivity (Wildman–Crippen MR) is 164 cm³/mol. The number of pyridine rings is 2. The summed E-state index contributed by atoms with van der Waals surface area (Å²) < 4.78 is 7.35. The van der Waals surface area contributed by atoms with E-state index in [4.69, 9.17) is 4.42 Å². The molecule has 220 valence electrons. The number of hydrogen-bond donors (Lipinski definition) is 1. The van der Waals surface area contributed by atoms with Crippen molar-refractivity contribution in [3.8, 4) is 0 Å². The van der Waals surface area contributed by atoms with Crippen molar-refractivity contribution in [1.29, 1.82) is 0 Å². The molecule has 42 heavy (non-hydrogen) atoms. The fraction of sp³-hybridized carbons (Fsp3) is 0.394. The van der Waals surface area contributed by atoms with Gasteiger partial charge in [0.25, 0.3) is 5.56 Å². The highest BCUT2D eigenvalue weighted by Gasteiger charge is 2.43. The lowest BCUT2D eigenvalue weighted by atomic mass is 9.90. The van der Waals surface area contributed by atoms with Crippen molar-refractivity contribution in [3.05, 3.63) is 87.8 Å². The second kappa shape index (κ2) is 11.6. The van der Waals surface area contributed by atoms with Crippen molar-refractivity contribution < 1.29 is 14.0 Å². The number of hydrogen-bond acceptors (Lipinski definition) is 6. The summed E-state index contributed by atoms with van der Waals surface area (Å²) in [6, 6.07) is 13.5. The van der Waals surface area contributed by atoms with E-state index in [0.717, 1.165) is 16.8 Å². The first kappa shape index (κ1) is 29.3. The normalized spacial score (nSPS) is 14.9. The standard InChI is InChI=1S/C33H39N5O4/c1-21(2)18-38-28-17-24(9-10-27(28)35-31(40)33(5,6)32(38)41)19-36(20-25-8-7-12-34-23(25)4)14-15-37-13-11-29-26(30(37)39)16-22(3)42-29/h7-13,16-17,21H,14-15,18-20H2,1-6H3,(H,35,40). The summed E-state index contributed by atoms with van der Waals surface area (Å²) in [4.78, 5) is 48.2. The van der Waals surface area contributed by atoms with E-state index < -0.39 is 5.41 Å². The van der Waals surface area contributed by atoms with Gasteiger partial charge < -0.3 is 19.2 Å². The van der Waals surface area contributed by atoms with Crippen LogP contribution in [-0.2, 0) is 29.2 Å². The van der Waals surface area contributed by atoms with Gasteiger partial charge in [-0.1, -0.05) is 26.0 Å². The number of amides is 2. The van der Waals surface area contributed by atoms with Crippen molar-refractivity contribution in [2.45, 2.75) is 61.2 Å². The molecule has 0 saturated heterocycles. The zero-order chi connectivity index (χ0) is 30.2. The lowest BCUT2D eigenvalue weighted by Gasteiger charge is -2.30. The Morgan fingerprint density at radius 2 is 1.83 bits per heavy atom. The Morgan fingerprint density at radius 1 is 1.05 bits per heavy atom. The third-order valence-corrected chi connectivity index (χ3v) is 7.85. The van der Waals surface area contributed by atoms with E-state index >= 15 is 0 Å². The van der Waals surface area contributed by atoms with Gasteiger partial charge >= 0.3 is 0 Å². The lowest BCUT2D eigenvalue weighted by Crippen LogP contribution is -2.46. The molecule has 0 fully saturated rings. The van der Waals surface area contributed by atoms with E-state index in [-0.39, 0.29) is 23.3 Å². The van der Waals surface area contributed by atoms with Crippen LogP contribution >= 0.6 is 0 Å². The Bertz CT molecular complexity index is 1700. The molecule has 5 rings (SSSR count). The van der Waals surface area contributed by atoms with Gasteiger partial charge in [-0.25, -0.2) is 0 Å². The zero-order valence-electron chi connectivity index (χ0n) is 25.2. The number of aromatic nitrogens is 2. The summed E-state index contributed by atoms with van der Waals surface area (Å²) in [5.41, 5.74) is 3.74. The number of nitrogens with one attached hydrogen (secondary N) is 1. The number of carbonyl (C=O) groups excluding carboxylic acids is 2. The molecule has 1 aromatic carbocycles. The highest BCUT2D eigenvalue weighted by Crippen LogP contribution is 2.37. The van der Waals surface area contributed by atoms with Crippen molar-refractivity contribution in [1.82, 2.24) is 14.5 Å². The zero-order valence-corrected chi connectivity index (χ0v) is 25.2. The van der Waals surface area contributed by atoms with Crippen LogP contribution in [0.2, 0.25) is 0 Å². The van der Waals surface area contributed by atoms with E-state index in [9.17, 15) is 14.4 Å². The molecule has 9 nitrogen and oxygen atoms in total. The van der Waals surface area contributed by atoms with Crippen LogP contribution in [0.4, 0.5) is 11.4 Å². The average Bonchev–Trinajstić information content (AvgIpc) is 3.31. The minimum Gasteiger partial charge on any atom is -0.461 e. The van der Waals surface area contributed by atoms with Gasteiger partial charge in [0.1, 0.15) is 16.8 Å². The van der Waals surface area contributed by atoms with Crippen LogP contribution in [0, 0.1) is 25.2 Å². The van der Waals surface area contributed by atoms with Crippen LogP contribution in [0.3, 0.4) is 0 Å². The molecule has 9 heteroatoms. The summed E-state index contributed by atoms with van der Waals surface area (Å²) >= 11 is 0. The highest BCUT2D eigenvalue weighted by molar-refractivity contribution is 6.19. The Balaban J connectivity index is 1.46. The summed E-state index contributed by atoms with van der Waals surface area (Å²) in [6.45, 7) is 14.1. The molecule has 0 unspecified atom stereocenters. The molecule has 1 aliphatic heterocycles. The Hall–Kier alpha value is -4.24. The summed E-state index contributed by atoms with van der Waals surface area (Å²) in [6.07, 6.45) is 3.57. The van der Waals surface area contributed by atoms with Gasteiger partial charge in [-0.2, -0.15) is 0 Å². The lowest BCUT2D eigenvalue weighted by molar-refractivity contribution is -0.136. The highest BCUT2D eigenvalue weighted by atomic mass is 16.3. The SMILES string of the molecule is Cc1cc2c(=O)n(CCN(Cc3ccc4c(c3)N(CC(C)C)C(=O)C(C)(C)C(=O)N4)Cc3cccnc3C)ccc2o1. The molecule has 3 aromatic heterocycles. The molecule has 1 N–H and O–H groups in total. The molecule has 1 aliphatic rings. The molecule has 0 spiro atoms. The smallest absolute Gasteiger partial charge is 0.261 e. The fourth-order valence-corrected chi connectivity index (χ4v) is 5.40. The van der Waals surface area contributed by atoms with Gasteiger partial charge in [0.15, 0.2) is 0 Å². The fourth-order valence-electron chi connectivity index (χ4n) is 5.40. The van der Waals surface area contributed by atoms with Crippen LogP contribution in [-0.4, -0.2) is 39.4 Å². The number of rotatable bonds is 9. The number of fused-ring (bicyclic) bond motifs is 2. The topological polar surface area (TPSA) is 101 Å². The van der Waals surface area contributed by atoms with Gasteiger partial charge in [0.05, 0.1) is 16.8 Å². The Morgan fingerprint density at radius 3 is 2.57 bits per heavy atom. The largest absolute Gasteiger partial charge is 0.461 e. The van der Waals surface area contributed by atoms with E-state index in [0.29, 0.717) is 60.8 Å². The first-order chi connectivity index (χ1) is 19.9. The minimum absolute atomic E-state index is 0.0758. The van der Waals surface area contributed by atoms with Crippen LogP contribution in [0.5, 0.6) is 0 Å². The van der Waals surface area contributed by atoms with E-state index in [1.165, 1.54) is 0 Å². The monoisotopic (exact) mass is 569 g/mol. The van der Waals surface area contributed by atoms with Gasteiger partial charge in [0, 0.05) is 50.8 Å². The molecule has 0 radical (unpaired) electrons. The second-order valence-corrected chi connectivity index (χ2v) is 12.1. The molecule has 0 saturated carbocycles. The molecule has 0 atom stereocenters. The van der Waals surface area contributed by atoms with Gasteiger partial charge in [-0.3, -0.25) is 24.3 Å². The molecule has 4 aromatic rings. The molecule has 4 heterocycles. The number of anilines is 2. The van der Waals surface area contributed by atoms with Crippen molar-refractivity contribution in [2.24, 2.45) is 11.3 Å². The number of nitrogens with zero attached hydrogens (tertiary/aromatic N) is 4. The Labute approximate surface area is 246 Å². The predicted octanol–water partition coefficient (Wildman–Crippen LogP) is 5.28. The van der Waals surface area contributed by atoms with Crippen molar-refractivity contribution in [2.75, 3.05) is 23.3 Å². The van der Waals surface area contributed by atoms with Gasteiger partial charge in [0.2, 0.25) is 11.8 Å². The molecular formula is C33H39N5O4. The summed E-state index contributed by atoms with van der Waals surface area (Å²) in [7, 11) is 0. The van der Waals surface area contributed by atoms with Gasteiger partial charge in [-0.05, 0) is 75.1 Å². The third kappa shape index (κ3) is 5.87. The van der Waals surface area contributed by atoms with E-state index in [2.05, 4.69) is 35.1 Å². The number of carbonyl (C=O) groups is 2. The summed E-state index contributed by atoms with van der Waals surface area (Å²) in [5.74, 6) is 0.406. The molecule has 0 bridgehead atoms. The number of furan rings is 1. The molecular weight excluding hydrogens is 530 g/mol. The van der Waals surface area contributed by atoms with E-state index in [1.54, 1.807) is 41.8 Å². The maximum absolute atomic E-state index is 13.6. The summed E-state index contributed by atoms with van der Waals surface area (Å²) in [5, 5.41) is 3.55. The first-order valence-corrected chi connectivity index (χ1v) is 14.4. The van der Waals surface area contributed by atoms with Crippen LogP contribution in [0.15, 0.2) is 64.1 Å². The quantitative estimate of drug-likeness (QED) is 0.276. The minimum atomic E-state index is -1.18.